The van der Waals surface area contributed by atoms with Crippen molar-refractivity contribution in [3.63, 3.8) is 0 Å². The van der Waals surface area contributed by atoms with Crippen molar-refractivity contribution in [2.45, 2.75) is 26.2 Å². The number of rotatable bonds is 5. The standard InChI is InChI=1S/C19H23BrN2O3S/c1-19(2,3)14-5-11-17(12-6-14)22(26(4,24)25)13-18(23)21-16-9-7-15(20)8-10-16/h5-12H,13H2,1-4H3,(H,21,23). The molecule has 2 aromatic rings. The average Bonchev–Trinajstić information content (AvgIpc) is 2.53. The van der Waals surface area contributed by atoms with Crippen LogP contribution in [0.3, 0.4) is 0 Å². The number of anilines is 2. The van der Waals surface area contributed by atoms with Crippen LogP contribution < -0.4 is 9.62 Å². The number of amides is 1. The van der Waals surface area contributed by atoms with Gasteiger partial charge in [-0.15, -0.1) is 0 Å². The molecule has 0 saturated heterocycles. The summed E-state index contributed by atoms with van der Waals surface area (Å²) in [5.41, 5.74) is 2.13. The zero-order valence-corrected chi connectivity index (χ0v) is 17.7. The summed E-state index contributed by atoms with van der Waals surface area (Å²) in [6.45, 7) is 5.97. The molecule has 0 spiro atoms. The van der Waals surface area contributed by atoms with Crippen molar-refractivity contribution >= 4 is 43.2 Å². The minimum atomic E-state index is -3.60. The number of hydrogen-bond acceptors (Lipinski definition) is 3. The van der Waals surface area contributed by atoms with Crippen molar-refractivity contribution in [2.75, 3.05) is 22.4 Å². The van der Waals surface area contributed by atoms with E-state index in [4.69, 9.17) is 0 Å². The molecule has 0 atom stereocenters. The molecule has 0 unspecified atom stereocenters. The van der Waals surface area contributed by atoms with Gasteiger partial charge in [-0.05, 0) is 47.4 Å². The highest BCUT2D eigenvalue weighted by Gasteiger charge is 2.22. The van der Waals surface area contributed by atoms with Crippen LogP contribution in [0.1, 0.15) is 26.3 Å². The Balaban J connectivity index is 2.20. The minimum absolute atomic E-state index is 0.0343. The van der Waals surface area contributed by atoms with Gasteiger partial charge < -0.3 is 5.32 Å². The molecule has 26 heavy (non-hydrogen) atoms. The van der Waals surface area contributed by atoms with Gasteiger partial charge in [-0.2, -0.15) is 0 Å². The number of carbonyl (C=O) groups is 1. The Labute approximate surface area is 163 Å². The average molecular weight is 439 g/mol. The molecule has 0 bridgehead atoms. The maximum atomic E-state index is 12.3. The van der Waals surface area contributed by atoms with E-state index in [0.29, 0.717) is 11.4 Å². The van der Waals surface area contributed by atoms with Crippen LogP contribution in [-0.2, 0) is 20.2 Å². The highest BCUT2D eigenvalue weighted by molar-refractivity contribution is 9.10. The van der Waals surface area contributed by atoms with Gasteiger partial charge in [0, 0.05) is 10.2 Å². The predicted molar refractivity (Wildman–Crippen MR) is 110 cm³/mol. The van der Waals surface area contributed by atoms with E-state index in [-0.39, 0.29) is 12.0 Å². The highest BCUT2D eigenvalue weighted by atomic mass is 79.9. The Bertz CT molecular complexity index is 870. The molecule has 2 aromatic carbocycles. The van der Waals surface area contributed by atoms with Gasteiger partial charge >= 0.3 is 0 Å². The Hall–Kier alpha value is -1.86. The third-order valence-corrected chi connectivity index (χ3v) is 5.51. The van der Waals surface area contributed by atoms with Crippen LogP contribution in [0.2, 0.25) is 0 Å². The Morgan fingerprint density at radius 2 is 1.58 bits per heavy atom. The fraction of sp³-hybridized carbons (Fsp3) is 0.316. The minimum Gasteiger partial charge on any atom is -0.325 e. The lowest BCUT2D eigenvalue weighted by molar-refractivity contribution is -0.114. The van der Waals surface area contributed by atoms with Crippen LogP contribution in [0.25, 0.3) is 0 Å². The van der Waals surface area contributed by atoms with Crippen LogP contribution in [0.4, 0.5) is 11.4 Å². The number of halogens is 1. The maximum Gasteiger partial charge on any atom is 0.245 e. The SMILES string of the molecule is CC(C)(C)c1ccc(N(CC(=O)Nc2ccc(Br)cc2)S(C)(=O)=O)cc1. The van der Waals surface area contributed by atoms with E-state index in [0.717, 1.165) is 20.6 Å². The fourth-order valence-electron chi connectivity index (χ4n) is 2.39. The van der Waals surface area contributed by atoms with E-state index < -0.39 is 15.9 Å². The van der Waals surface area contributed by atoms with E-state index in [1.165, 1.54) is 0 Å². The van der Waals surface area contributed by atoms with Crippen molar-refractivity contribution in [3.8, 4) is 0 Å². The van der Waals surface area contributed by atoms with Crippen molar-refractivity contribution in [1.29, 1.82) is 0 Å². The predicted octanol–water partition coefficient (Wildman–Crippen LogP) is 4.15. The molecule has 0 aliphatic heterocycles. The van der Waals surface area contributed by atoms with Gasteiger partial charge in [0.05, 0.1) is 11.9 Å². The van der Waals surface area contributed by atoms with Gasteiger partial charge in [0.1, 0.15) is 6.54 Å². The summed E-state index contributed by atoms with van der Waals surface area (Å²) >= 11 is 3.33. The first-order valence-corrected chi connectivity index (χ1v) is 10.7. The first-order chi connectivity index (χ1) is 12.0. The lowest BCUT2D eigenvalue weighted by Crippen LogP contribution is -2.37. The molecule has 0 aliphatic carbocycles. The third kappa shape index (κ3) is 5.57. The van der Waals surface area contributed by atoms with Crippen LogP contribution >= 0.6 is 15.9 Å². The zero-order valence-electron chi connectivity index (χ0n) is 15.3. The van der Waals surface area contributed by atoms with Crippen LogP contribution in [0.15, 0.2) is 53.0 Å². The molecule has 0 radical (unpaired) electrons. The maximum absolute atomic E-state index is 12.3. The lowest BCUT2D eigenvalue weighted by Gasteiger charge is -2.24. The summed E-state index contributed by atoms with van der Waals surface area (Å²) in [7, 11) is -3.60. The Morgan fingerprint density at radius 3 is 2.04 bits per heavy atom. The smallest absolute Gasteiger partial charge is 0.245 e. The largest absolute Gasteiger partial charge is 0.325 e. The summed E-state index contributed by atoms with van der Waals surface area (Å²) in [5, 5.41) is 2.71. The molecule has 140 valence electrons. The zero-order chi connectivity index (χ0) is 19.5. The second kappa shape index (κ2) is 7.80. The van der Waals surface area contributed by atoms with E-state index in [1.54, 1.807) is 36.4 Å². The van der Waals surface area contributed by atoms with Gasteiger partial charge in [0.15, 0.2) is 0 Å². The van der Waals surface area contributed by atoms with Gasteiger partial charge in [0.2, 0.25) is 15.9 Å². The lowest BCUT2D eigenvalue weighted by atomic mass is 9.87. The molecular formula is C19H23BrN2O3S. The van der Waals surface area contributed by atoms with Gasteiger partial charge in [-0.25, -0.2) is 8.42 Å². The molecule has 5 nitrogen and oxygen atoms in total. The second-order valence-electron chi connectivity index (χ2n) is 7.12. The molecule has 1 amide bonds. The molecule has 0 aliphatic rings. The van der Waals surface area contributed by atoms with Crippen molar-refractivity contribution in [1.82, 2.24) is 0 Å². The molecule has 2 rings (SSSR count). The number of nitrogens with zero attached hydrogens (tertiary/aromatic N) is 1. The van der Waals surface area contributed by atoms with Crippen LogP contribution in [0, 0.1) is 0 Å². The first-order valence-electron chi connectivity index (χ1n) is 8.10. The summed E-state index contributed by atoms with van der Waals surface area (Å²) in [6, 6.07) is 14.3. The molecule has 7 heteroatoms. The Morgan fingerprint density at radius 1 is 1.04 bits per heavy atom. The summed E-state index contributed by atoms with van der Waals surface area (Å²) in [5.74, 6) is -0.405. The second-order valence-corrected chi connectivity index (χ2v) is 9.94. The summed E-state index contributed by atoms with van der Waals surface area (Å²) in [4.78, 5) is 12.3. The van der Waals surface area contributed by atoms with Crippen molar-refractivity contribution in [2.24, 2.45) is 0 Å². The number of nitrogens with one attached hydrogen (secondary N) is 1. The third-order valence-electron chi connectivity index (χ3n) is 3.84. The molecule has 0 aromatic heterocycles. The topological polar surface area (TPSA) is 66.5 Å². The van der Waals surface area contributed by atoms with Crippen molar-refractivity contribution in [3.05, 3.63) is 58.6 Å². The van der Waals surface area contributed by atoms with Gasteiger partial charge in [-0.3, -0.25) is 9.10 Å². The molecule has 0 heterocycles. The summed E-state index contributed by atoms with van der Waals surface area (Å²) in [6.07, 6.45) is 1.09. The van der Waals surface area contributed by atoms with E-state index in [9.17, 15) is 13.2 Å². The van der Waals surface area contributed by atoms with Gasteiger partial charge in [-0.1, -0.05) is 48.8 Å². The molecule has 1 N–H and O–H groups in total. The number of hydrogen-bond donors (Lipinski definition) is 1. The number of benzene rings is 2. The molecule has 0 fully saturated rings. The normalized spacial score (nSPS) is 11.9. The van der Waals surface area contributed by atoms with Crippen LogP contribution in [-0.4, -0.2) is 27.1 Å². The van der Waals surface area contributed by atoms with E-state index in [2.05, 4.69) is 42.0 Å². The van der Waals surface area contributed by atoms with E-state index in [1.807, 2.05) is 12.1 Å². The van der Waals surface area contributed by atoms with E-state index >= 15 is 0 Å². The monoisotopic (exact) mass is 438 g/mol. The quantitative estimate of drug-likeness (QED) is 0.761. The highest BCUT2D eigenvalue weighted by Crippen LogP contribution is 2.26. The van der Waals surface area contributed by atoms with Gasteiger partial charge in [0.25, 0.3) is 0 Å². The fourth-order valence-corrected chi connectivity index (χ4v) is 3.51. The first kappa shape index (κ1) is 20.5. The molecule has 0 saturated carbocycles. The number of sulfonamides is 1. The van der Waals surface area contributed by atoms with Crippen molar-refractivity contribution < 1.29 is 13.2 Å². The number of carbonyl (C=O) groups excluding carboxylic acids is 1. The Kier molecular flexibility index (Phi) is 6.13. The van der Waals surface area contributed by atoms with Crippen LogP contribution in [0.5, 0.6) is 0 Å². The summed E-state index contributed by atoms with van der Waals surface area (Å²) < 4.78 is 26.4. The molecular weight excluding hydrogens is 416 g/mol.